The molecule has 0 aliphatic rings. The van der Waals surface area contributed by atoms with Gasteiger partial charge in [0.1, 0.15) is 5.82 Å². The number of nitrogens with two attached hydrogens (primary N) is 2. The number of fused-ring (bicyclic) bond motifs is 2. The van der Waals surface area contributed by atoms with Gasteiger partial charge >= 0.3 is 6.18 Å². The smallest absolute Gasteiger partial charge is 0.384 e. The molecule has 0 fully saturated rings. The number of H-pyrrole nitrogens is 1. The van der Waals surface area contributed by atoms with Gasteiger partial charge in [-0.15, -0.1) is 5.10 Å². The molecule has 122 valence electrons. The Bertz CT molecular complexity index is 1080. The van der Waals surface area contributed by atoms with Crippen LogP contribution in [-0.2, 0) is 6.18 Å². The van der Waals surface area contributed by atoms with Gasteiger partial charge in [-0.05, 0) is 29.8 Å². The predicted molar refractivity (Wildman–Crippen MR) is 81.9 cm³/mol. The highest BCUT2D eigenvalue weighted by atomic mass is 19.4. The minimum absolute atomic E-state index is 0.00121. The molecule has 0 saturated carbocycles. The standard InChI is InChI=1S/C14H10F3N7/c15-14(16,17)11-8-2-1-6(5-9(8)21-22-11)7-3-4-10(18)24-12(7)20-13(19)23-24/h1-5H,18H2,(H2,19,23)(H,21,22). The number of nitrogens with zero attached hydrogens (tertiary/aromatic N) is 4. The van der Waals surface area contributed by atoms with Crippen molar-refractivity contribution in [2.75, 3.05) is 11.5 Å². The maximum Gasteiger partial charge on any atom is 0.435 e. The van der Waals surface area contributed by atoms with Crippen molar-refractivity contribution in [1.29, 1.82) is 0 Å². The second-order valence-corrected chi connectivity index (χ2v) is 5.21. The van der Waals surface area contributed by atoms with Crippen LogP contribution in [0.25, 0.3) is 27.7 Å². The van der Waals surface area contributed by atoms with E-state index in [-0.39, 0.29) is 16.9 Å². The number of pyridine rings is 1. The summed E-state index contributed by atoms with van der Waals surface area (Å²) in [5, 5.41) is 9.75. The maximum absolute atomic E-state index is 12.9. The van der Waals surface area contributed by atoms with Crippen molar-refractivity contribution in [2.24, 2.45) is 0 Å². The molecule has 10 heteroatoms. The molecule has 0 spiro atoms. The van der Waals surface area contributed by atoms with Crippen LogP contribution in [0.2, 0.25) is 0 Å². The summed E-state index contributed by atoms with van der Waals surface area (Å²) in [6, 6.07) is 7.82. The van der Waals surface area contributed by atoms with E-state index in [0.717, 1.165) is 0 Å². The first-order valence-electron chi connectivity index (χ1n) is 6.81. The van der Waals surface area contributed by atoms with Crippen LogP contribution in [0.3, 0.4) is 0 Å². The van der Waals surface area contributed by atoms with Crippen LogP contribution in [0, 0.1) is 0 Å². The Morgan fingerprint density at radius 1 is 1.08 bits per heavy atom. The van der Waals surface area contributed by atoms with E-state index in [1.54, 1.807) is 24.3 Å². The molecule has 5 N–H and O–H groups in total. The molecule has 3 heterocycles. The van der Waals surface area contributed by atoms with E-state index in [4.69, 9.17) is 11.5 Å². The van der Waals surface area contributed by atoms with Gasteiger partial charge in [0.2, 0.25) is 5.95 Å². The van der Waals surface area contributed by atoms with E-state index in [9.17, 15) is 13.2 Å². The zero-order valence-corrected chi connectivity index (χ0v) is 12.0. The Morgan fingerprint density at radius 2 is 1.88 bits per heavy atom. The van der Waals surface area contributed by atoms with Gasteiger partial charge in [-0.2, -0.15) is 27.8 Å². The predicted octanol–water partition coefficient (Wildman–Crippen LogP) is 2.46. The summed E-state index contributed by atoms with van der Waals surface area (Å²) >= 11 is 0. The van der Waals surface area contributed by atoms with E-state index < -0.39 is 11.9 Å². The molecule has 0 unspecified atom stereocenters. The molecule has 4 rings (SSSR count). The first kappa shape index (κ1) is 14.3. The van der Waals surface area contributed by atoms with Crippen LogP contribution in [-0.4, -0.2) is 24.8 Å². The molecular weight excluding hydrogens is 323 g/mol. The summed E-state index contributed by atoms with van der Waals surface area (Å²) in [4.78, 5) is 4.12. The fraction of sp³-hybridized carbons (Fsp3) is 0.0714. The summed E-state index contributed by atoms with van der Waals surface area (Å²) < 4.78 is 40.1. The number of halogens is 3. The third kappa shape index (κ3) is 2.03. The lowest BCUT2D eigenvalue weighted by Crippen LogP contribution is -2.05. The fourth-order valence-corrected chi connectivity index (χ4v) is 2.62. The lowest BCUT2D eigenvalue weighted by Gasteiger charge is -2.06. The summed E-state index contributed by atoms with van der Waals surface area (Å²) in [6.07, 6.45) is -4.52. The average molecular weight is 333 g/mol. The first-order chi connectivity index (χ1) is 11.3. The van der Waals surface area contributed by atoms with Gasteiger partial charge < -0.3 is 11.5 Å². The Labute approximate surface area is 132 Å². The number of benzene rings is 1. The lowest BCUT2D eigenvalue weighted by atomic mass is 10.0. The van der Waals surface area contributed by atoms with E-state index in [1.807, 2.05) is 0 Å². The summed E-state index contributed by atoms with van der Waals surface area (Å²) in [5.74, 6) is 0.399. The van der Waals surface area contributed by atoms with Crippen LogP contribution < -0.4 is 11.5 Å². The molecule has 0 radical (unpaired) electrons. The third-order valence-corrected chi connectivity index (χ3v) is 3.67. The number of anilines is 2. The monoisotopic (exact) mass is 333 g/mol. The molecule has 0 atom stereocenters. The number of nitrogens with one attached hydrogen (secondary N) is 1. The van der Waals surface area contributed by atoms with Gasteiger partial charge in [0.05, 0.1) is 5.52 Å². The van der Waals surface area contributed by atoms with Crippen LogP contribution in [0.1, 0.15) is 5.69 Å². The van der Waals surface area contributed by atoms with Gasteiger partial charge in [-0.1, -0.05) is 6.07 Å². The molecule has 0 aliphatic heterocycles. The number of hydrogen-bond donors (Lipinski definition) is 3. The number of rotatable bonds is 1. The largest absolute Gasteiger partial charge is 0.435 e. The SMILES string of the molecule is Nc1nc2c(-c3ccc4c(C(F)(F)F)n[nH]c4c3)ccc(N)n2n1. The molecule has 7 nitrogen and oxygen atoms in total. The zero-order valence-electron chi connectivity index (χ0n) is 12.0. The first-order valence-corrected chi connectivity index (χ1v) is 6.81. The highest BCUT2D eigenvalue weighted by molar-refractivity contribution is 5.89. The summed E-state index contributed by atoms with van der Waals surface area (Å²) in [7, 11) is 0. The molecule has 0 aliphatic carbocycles. The van der Waals surface area contributed by atoms with Crippen molar-refractivity contribution >= 4 is 28.3 Å². The zero-order chi connectivity index (χ0) is 17.1. The molecule has 0 bridgehead atoms. The Balaban J connectivity index is 1.93. The van der Waals surface area contributed by atoms with Gasteiger partial charge in [0.15, 0.2) is 11.3 Å². The van der Waals surface area contributed by atoms with Crippen LogP contribution in [0.15, 0.2) is 30.3 Å². The Kier molecular flexibility index (Phi) is 2.74. The van der Waals surface area contributed by atoms with Crippen molar-refractivity contribution in [3.63, 3.8) is 0 Å². The second kappa shape index (κ2) is 4.60. The van der Waals surface area contributed by atoms with E-state index >= 15 is 0 Å². The van der Waals surface area contributed by atoms with Gasteiger partial charge in [0.25, 0.3) is 0 Å². The molecule has 0 saturated heterocycles. The Morgan fingerprint density at radius 3 is 2.62 bits per heavy atom. The highest BCUT2D eigenvalue weighted by Gasteiger charge is 2.35. The van der Waals surface area contributed by atoms with Gasteiger partial charge in [0, 0.05) is 10.9 Å². The summed E-state index contributed by atoms with van der Waals surface area (Å²) in [6.45, 7) is 0. The van der Waals surface area contributed by atoms with E-state index in [1.165, 1.54) is 10.6 Å². The van der Waals surface area contributed by atoms with Crippen molar-refractivity contribution < 1.29 is 13.2 Å². The van der Waals surface area contributed by atoms with Crippen molar-refractivity contribution in [3.8, 4) is 11.1 Å². The van der Waals surface area contributed by atoms with Gasteiger partial charge in [-0.25, -0.2) is 0 Å². The van der Waals surface area contributed by atoms with E-state index in [0.29, 0.717) is 22.6 Å². The topological polar surface area (TPSA) is 111 Å². The lowest BCUT2D eigenvalue weighted by molar-refractivity contribution is -0.139. The van der Waals surface area contributed by atoms with Crippen molar-refractivity contribution in [3.05, 3.63) is 36.0 Å². The van der Waals surface area contributed by atoms with Crippen LogP contribution >= 0.6 is 0 Å². The molecule has 4 aromatic rings. The number of nitrogen functional groups attached to an aromatic ring is 2. The van der Waals surface area contributed by atoms with Gasteiger partial charge in [-0.3, -0.25) is 5.10 Å². The van der Waals surface area contributed by atoms with Crippen molar-refractivity contribution in [2.45, 2.75) is 6.18 Å². The normalized spacial score (nSPS) is 12.3. The third-order valence-electron chi connectivity index (χ3n) is 3.67. The number of hydrogen-bond acceptors (Lipinski definition) is 5. The quantitative estimate of drug-likeness (QED) is 0.495. The maximum atomic E-state index is 12.9. The number of aromatic nitrogens is 5. The van der Waals surface area contributed by atoms with Crippen LogP contribution in [0.5, 0.6) is 0 Å². The number of alkyl halides is 3. The molecule has 24 heavy (non-hydrogen) atoms. The molecule has 1 aromatic carbocycles. The average Bonchev–Trinajstić information content (AvgIpc) is 3.10. The fourth-order valence-electron chi connectivity index (χ4n) is 2.62. The second-order valence-electron chi connectivity index (χ2n) is 5.21. The Hall–Kier alpha value is -3.30. The highest BCUT2D eigenvalue weighted by Crippen LogP contribution is 2.35. The number of aromatic amines is 1. The van der Waals surface area contributed by atoms with Crippen molar-refractivity contribution in [1.82, 2.24) is 24.8 Å². The molecule has 0 amide bonds. The minimum atomic E-state index is -4.52. The van der Waals surface area contributed by atoms with Crippen LogP contribution in [0.4, 0.5) is 24.9 Å². The van der Waals surface area contributed by atoms with E-state index in [2.05, 4.69) is 20.3 Å². The minimum Gasteiger partial charge on any atom is -0.384 e. The summed E-state index contributed by atoms with van der Waals surface area (Å²) in [5.41, 5.74) is 12.4. The molecular formula is C14H10F3N7. The molecule has 3 aromatic heterocycles.